The van der Waals surface area contributed by atoms with Gasteiger partial charge in [0.25, 0.3) is 0 Å². The maximum atomic E-state index is 12.7. The number of pyridine rings is 1. The Balaban J connectivity index is 1.57. The van der Waals surface area contributed by atoms with Crippen LogP contribution in [0.25, 0.3) is 5.65 Å². The fourth-order valence-corrected chi connectivity index (χ4v) is 3.75. The van der Waals surface area contributed by atoms with Crippen LogP contribution in [0, 0.1) is 19.8 Å². The molecule has 1 unspecified atom stereocenters. The molecule has 128 valence electrons. The van der Waals surface area contributed by atoms with E-state index in [2.05, 4.69) is 44.8 Å². The van der Waals surface area contributed by atoms with E-state index in [1.807, 2.05) is 31.2 Å². The number of rotatable bonds is 2. The Morgan fingerprint density at radius 3 is 2.92 bits per heavy atom. The van der Waals surface area contributed by atoms with Gasteiger partial charge in [-0.1, -0.05) is 22.0 Å². The van der Waals surface area contributed by atoms with Crippen LogP contribution in [0.15, 0.2) is 41.0 Å². The van der Waals surface area contributed by atoms with Crippen LogP contribution < -0.4 is 5.32 Å². The maximum absolute atomic E-state index is 12.7. The zero-order valence-electron chi connectivity index (χ0n) is 14.3. The van der Waals surface area contributed by atoms with E-state index in [1.54, 1.807) is 0 Å². The van der Waals surface area contributed by atoms with Gasteiger partial charge in [-0.3, -0.25) is 4.79 Å². The molecule has 0 aliphatic heterocycles. The predicted molar refractivity (Wildman–Crippen MR) is 103 cm³/mol. The van der Waals surface area contributed by atoms with E-state index in [0.717, 1.165) is 46.3 Å². The molecule has 1 atom stereocenters. The van der Waals surface area contributed by atoms with E-state index < -0.39 is 0 Å². The van der Waals surface area contributed by atoms with Crippen LogP contribution in [0.3, 0.4) is 0 Å². The van der Waals surface area contributed by atoms with Crippen LogP contribution in [0.1, 0.15) is 28.9 Å². The summed E-state index contributed by atoms with van der Waals surface area (Å²) >= 11 is 3.49. The van der Waals surface area contributed by atoms with Crippen molar-refractivity contribution in [1.82, 2.24) is 9.38 Å². The van der Waals surface area contributed by atoms with Crippen molar-refractivity contribution in [1.29, 1.82) is 0 Å². The van der Waals surface area contributed by atoms with Gasteiger partial charge in [-0.25, -0.2) is 4.98 Å². The summed E-state index contributed by atoms with van der Waals surface area (Å²) in [6.45, 7) is 4.10. The molecule has 2 aromatic heterocycles. The number of aryl methyl sites for hydroxylation is 3. The zero-order valence-corrected chi connectivity index (χ0v) is 15.9. The Morgan fingerprint density at radius 2 is 2.12 bits per heavy atom. The first kappa shape index (κ1) is 16.3. The summed E-state index contributed by atoms with van der Waals surface area (Å²) in [6, 6.07) is 10.0. The third-order valence-corrected chi connectivity index (χ3v) is 5.80. The van der Waals surface area contributed by atoms with Crippen LogP contribution in [0.5, 0.6) is 0 Å². The number of fused-ring (bicyclic) bond motifs is 3. The molecular formula is C20H20BrN3O. The van der Waals surface area contributed by atoms with Crippen molar-refractivity contribution >= 4 is 33.2 Å². The molecule has 1 N–H and O–H groups in total. The lowest BCUT2D eigenvalue weighted by atomic mass is 9.89. The van der Waals surface area contributed by atoms with Gasteiger partial charge in [0, 0.05) is 34.4 Å². The van der Waals surface area contributed by atoms with Crippen molar-refractivity contribution in [3.63, 3.8) is 0 Å². The molecule has 1 aliphatic rings. The number of carbonyl (C=O) groups excluding carboxylic acids is 1. The minimum Gasteiger partial charge on any atom is -0.326 e. The van der Waals surface area contributed by atoms with Crippen molar-refractivity contribution < 1.29 is 4.79 Å². The number of carbonyl (C=O) groups is 1. The van der Waals surface area contributed by atoms with E-state index >= 15 is 0 Å². The summed E-state index contributed by atoms with van der Waals surface area (Å²) in [5.74, 6) is 0.0758. The van der Waals surface area contributed by atoms with Crippen LogP contribution in [-0.4, -0.2) is 15.3 Å². The molecule has 0 saturated heterocycles. The number of imidazole rings is 1. The van der Waals surface area contributed by atoms with Gasteiger partial charge in [0.05, 0.1) is 5.69 Å². The number of nitrogens with zero attached hydrogens (tertiary/aromatic N) is 2. The Morgan fingerprint density at radius 1 is 1.28 bits per heavy atom. The topological polar surface area (TPSA) is 46.4 Å². The molecule has 3 aromatic rings. The smallest absolute Gasteiger partial charge is 0.227 e. The molecule has 0 spiro atoms. The second kappa shape index (κ2) is 6.30. The molecule has 1 aliphatic carbocycles. The molecule has 2 heterocycles. The first-order chi connectivity index (χ1) is 12.0. The Bertz CT molecular complexity index is 976. The van der Waals surface area contributed by atoms with Gasteiger partial charge in [0.1, 0.15) is 5.65 Å². The largest absolute Gasteiger partial charge is 0.326 e. The number of nitrogens with one attached hydrogen (secondary N) is 1. The molecule has 0 bridgehead atoms. The summed E-state index contributed by atoms with van der Waals surface area (Å²) in [4.78, 5) is 17.5. The molecule has 0 radical (unpaired) electrons. The van der Waals surface area contributed by atoms with Crippen LogP contribution in [-0.2, 0) is 17.6 Å². The average Bonchev–Trinajstić information content (AvgIpc) is 2.95. The molecule has 5 heteroatoms. The highest BCUT2D eigenvalue weighted by molar-refractivity contribution is 9.10. The number of anilines is 1. The van der Waals surface area contributed by atoms with E-state index in [1.165, 1.54) is 11.3 Å². The summed E-state index contributed by atoms with van der Waals surface area (Å²) in [5, 5.41) is 3.07. The number of benzene rings is 1. The third-order valence-electron chi connectivity index (χ3n) is 4.91. The molecule has 1 aromatic carbocycles. The standard InChI is InChI=1S/C20H20BrN3O/c1-12-3-8-19-23-17-7-4-14(10-18(17)24(19)11-12)20(25)22-15-5-6-16(21)13(2)9-15/h3,5-6,8-9,11,14H,4,7,10H2,1-2H3,(H,22,25). The minimum atomic E-state index is -0.0168. The highest BCUT2D eigenvalue weighted by Crippen LogP contribution is 2.28. The lowest BCUT2D eigenvalue weighted by Gasteiger charge is -2.21. The second-order valence-corrected chi connectivity index (χ2v) is 7.69. The Hall–Kier alpha value is -2.14. The highest BCUT2D eigenvalue weighted by Gasteiger charge is 2.28. The Labute approximate surface area is 155 Å². The van der Waals surface area contributed by atoms with Crippen molar-refractivity contribution in [3.8, 4) is 0 Å². The van der Waals surface area contributed by atoms with Gasteiger partial charge in [-0.05, 0) is 62.1 Å². The van der Waals surface area contributed by atoms with Crippen LogP contribution in [0.4, 0.5) is 5.69 Å². The van der Waals surface area contributed by atoms with E-state index in [-0.39, 0.29) is 11.8 Å². The second-order valence-electron chi connectivity index (χ2n) is 6.83. The lowest BCUT2D eigenvalue weighted by molar-refractivity contribution is -0.120. The lowest BCUT2D eigenvalue weighted by Crippen LogP contribution is -2.28. The molecule has 4 rings (SSSR count). The molecule has 4 nitrogen and oxygen atoms in total. The minimum absolute atomic E-state index is 0.0168. The summed E-state index contributed by atoms with van der Waals surface area (Å²) in [7, 11) is 0. The normalized spacial score (nSPS) is 16.7. The van der Waals surface area contributed by atoms with Gasteiger partial charge in [0.15, 0.2) is 0 Å². The summed E-state index contributed by atoms with van der Waals surface area (Å²) in [6.07, 6.45) is 4.55. The number of aromatic nitrogens is 2. The van der Waals surface area contributed by atoms with Gasteiger partial charge in [-0.15, -0.1) is 0 Å². The number of hydrogen-bond acceptors (Lipinski definition) is 2. The quantitative estimate of drug-likeness (QED) is 0.693. The molecular weight excluding hydrogens is 378 g/mol. The van der Waals surface area contributed by atoms with Gasteiger partial charge in [0.2, 0.25) is 5.91 Å². The van der Waals surface area contributed by atoms with Gasteiger partial charge >= 0.3 is 0 Å². The third kappa shape index (κ3) is 3.09. The number of halogens is 1. The van der Waals surface area contributed by atoms with Crippen LogP contribution >= 0.6 is 15.9 Å². The number of hydrogen-bond donors (Lipinski definition) is 1. The van der Waals surface area contributed by atoms with E-state index in [4.69, 9.17) is 4.98 Å². The van der Waals surface area contributed by atoms with E-state index in [0.29, 0.717) is 0 Å². The zero-order chi connectivity index (χ0) is 17.6. The first-order valence-corrected chi connectivity index (χ1v) is 9.34. The molecule has 1 amide bonds. The fourth-order valence-electron chi connectivity index (χ4n) is 3.50. The highest BCUT2D eigenvalue weighted by atomic mass is 79.9. The van der Waals surface area contributed by atoms with Crippen molar-refractivity contribution in [2.24, 2.45) is 5.92 Å². The fraction of sp³-hybridized carbons (Fsp3) is 0.300. The summed E-state index contributed by atoms with van der Waals surface area (Å²) < 4.78 is 3.20. The van der Waals surface area contributed by atoms with Gasteiger partial charge in [-0.2, -0.15) is 0 Å². The number of amides is 1. The Kier molecular flexibility index (Phi) is 4.12. The van der Waals surface area contributed by atoms with Crippen LogP contribution in [0.2, 0.25) is 0 Å². The van der Waals surface area contributed by atoms with E-state index in [9.17, 15) is 4.79 Å². The summed E-state index contributed by atoms with van der Waals surface area (Å²) in [5.41, 5.74) is 6.45. The van der Waals surface area contributed by atoms with Crippen molar-refractivity contribution in [2.75, 3.05) is 5.32 Å². The van der Waals surface area contributed by atoms with Gasteiger partial charge < -0.3 is 9.72 Å². The van der Waals surface area contributed by atoms with Crippen molar-refractivity contribution in [2.45, 2.75) is 33.1 Å². The maximum Gasteiger partial charge on any atom is 0.227 e. The van der Waals surface area contributed by atoms with Crippen molar-refractivity contribution in [3.05, 3.63) is 63.5 Å². The molecule has 0 saturated carbocycles. The molecule has 0 fully saturated rings. The monoisotopic (exact) mass is 397 g/mol. The predicted octanol–water partition coefficient (Wildman–Crippen LogP) is 4.46. The first-order valence-electron chi connectivity index (χ1n) is 8.55. The average molecular weight is 398 g/mol. The molecule has 25 heavy (non-hydrogen) atoms. The SMILES string of the molecule is Cc1ccc2nc3c(n2c1)CC(C(=O)Nc1ccc(Br)c(C)c1)CC3.